The fourth-order valence-corrected chi connectivity index (χ4v) is 1.03. The molecule has 1 amide bonds. The summed E-state index contributed by atoms with van der Waals surface area (Å²) < 4.78 is 30.6. The van der Waals surface area contributed by atoms with E-state index in [4.69, 9.17) is 13.6 Å². The first kappa shape index (κ1) is 8.44. The Morgan fingerprint density at radius 1 is 1.31 bits per heavy atom. The molecular weight excluding hydrogens is 206 g/mol. The van der Waals surface area contributed by atoms with Gasteiger partial charge in [-0.2, -0.15) is 0 Å². The second-order valence-electron chi connectivity index (χ2n) is 4.25. The van der Waals surface area contributed by atoms with Crippen molar-refractivity contribution in [1.29, 1.82) is 0 Å². The number of carbonyl (C=O) groups excluding carboxylic acids is 1. The standard InChI is InChI=1S/C12H17NO3/c1-12(2,3)16-11(14)13-9-5-7-10(15-4)8-6-9/h5-8H,1-4H3,(H,13,14)/i4D3. The van der Waals surface area contributed by atoms with Crippen molar-refractivity contribution in [2.45, 2.75) is 26.4 Å². The molecule has 1 rings (SSSR count). The molecule has 1 aromatic carbocycles. The van der Waals surface area contributed by atoms with Crippen LogP contribution in [0.2, 0.25) is 0 Å². The lowest BCUT2D eigenvalue weighted by Gasteiger charge is -2.19. The van der Waals surface area contributed by atoms with E-state index in [9.17, 15) is 4.79 Å². The maximum Gasteiger partial charge on any atom is 0.412 e. The first-order valence-corrected chi connectivity index (χ1v) is 4.84. The molecule has 4 heteroatoms. The topological polar surface area (TPSA) is 47.6 Å². The van der Waals surface area contributed by atoms with Gasteiger partial charge in [0.15, 0.2) is 0 Å². The van der Waals surface area contributed by atoms with Gasteiger partial charge in [0.05, 0.1) is 11.2 Å². The number of hydrogen-bond donors (Lipinski definition) is 1. The predicted octanol–water partition coefficient (Wildman–Crippen LogP) is 3.04. The monoisotopic (exact) mass is 226 g/mol. The van der Waals surface area contributed by atoms with Crippen LogP contribution in [0, 0.1) is 0 Å². The number of hydrogen-bond acceptors (Lipinski definition) is 3. The maximum absolute atomic E-state index is 11.5. The lowest BCUT2D eigenvalue weighted by atomic mass is 10.2. The van der Waals surface area contributed by atoms with Crippen LogP contribution in [-0.4, -0.2) is 18.7 Å². The molecule has 0 radical (unpaired) electrons. The van der Waals surface area contributed by atoms with Crippen LogP contribution < -0.4 is 10.1 Å². The minimum Gasteiger partial charge on any atom is -0.497 e. The third-order valence-electron chi connectivity index (χ3n) is 1.62. The molecule has 0 unspecified atom stereocenters. The van der Waals surface area contributed by atoms with Crippen molar-refractivity contribution in [3.8, 4) is 5.75 Å². The summed E-state index contributed by atoms with van der Waals surface area (Å²) >= 11 is 0. The summed E-state index contributed by atoms with van der Waals surface area (Å²) in [4.78, 5) is 11.5. The highest BCUT2D eigenvalue weighted by Gasteiger charge is 2.15. The van der Waals surface area contributed by atoms with Gasteiger partial charge >= 0.3 is 6.09 Å². The minimum absolute atomic E-state index is 0.203. The summed E-state index contributed by atoms with van der Waals surface area (Å²) in [5.74, 6) is 0.203. The molecule has 0 aliphatic carbocycles. The molecular formula is C12H17NO3. The van der Waals surface area contributed by atoms with Crippen LogP contribution in [0.5, 0.6) is 5.75 Å². The predicted molar refractivity (Wildman–Crippen MR) is 62.9 cm³/mol. The first-order chi connectivity index (χ1) is 8.55. The van der Waals surface area contributed by atoms with Crippen molar-refractivity contribution in [1.82, 2.24) is 0 Å². The maximum atomic E-state index is 11.5. The number of nitrogens with one attached hydrogen (secondary N) is 1. The van der Waals surface area contributed by atoms with Gasteiger partial charge in [-0.1, -0.05) is 0 Å². The molecule has 0 aliphatic rings. The van der Waals surface area contributed by atoms with Crippen LogP contribution in [0.25, 0.3) is 0 Å². The molecule has 88 valence electrons. The number of rotatable bonds is 2. The van der Waals surface area contributed by atoms with E-state index in [1.165, 1.54) is 24.3 Å². The SMILES string of the molecule is [2H]C([2H])([2H])Oc1ccc(NC(=O)OC(C)(C)C)cc1. The van der Waals surface area contributed by atoms with E-state index in [2.05, 4.69) is 5.32 Å². The zero-order chi connectivity index (χ0) is 14.7. The van der Waals surface area contributed by atoms with Crippen molar-refractivity contribution in [2.75, 3.05) is 12.4 Å². The number of amides is 1. The van der Waals surface area contributed by atoms with E-state index in [0.717, 1.165) is 0 Å². The molecule has 0 saturated heterocycles. The summed E-state index contributed by atoms with van der Waals surface area (Å²) in [7, 11) is -2.49. The molecule has 0 aromatic heterocycles. The van der Waals surface area contributed by atoms with Gasteiger partial charge in [0.25, 0.3) is 0 Å². The van der Waals surface area contributed by atoms with Gasteiger partial charge in [-0.05, 0) is 45.0 Å². The second-order valence-corrected chi connectivity index (χ2v) is 4.25. The fourth-order valence-electron chi connectivity index (χ4n) is 1.03. The highest BCUT2D eigenvalue weighted by atomic mass is 16.6. The quantitative estimate of drug-likeness (QED) is 0.843. The molecule has 0 fully saturated rings. The van der Waals surface area contributed by atoms with Crippen LogP contribution in [-0.2, 0) is 4.74 Å². The number of ether oxygens (including phenoxy) is 2. The number of carbonyl (C=O) groups is 1. The zero-order valence-corrected chi connectivity index (χ0v) is 9.53. The average molecular weight is 226 g/mol. The Labute approximate surface area is 99.8 Å². The third-order valence-corrected chi connectivity index (χ3v) is 1.62. The average Bonchev–Trinajstić information content (AvgIpc) is 2.15. The molecule has 16 heavy (non-hydrogen) atoms. The second kappa shape index (κ2) is 4.88. The van der Waals surface area contributed by atoms with Crippen LogP contribution >= 0.6 is 0 Å². The van der Waals surface area contributed by atoms with E-state index in [1.807, 2.05) is 0 Å². The van der Waals surface area contributed by atoms with Gasteiger partial charge in [0, 0.05) is 5.69 Å². The van der Waals surface area contributed by atoms with Gasteiger partial charge in [-0.3, -0.25) is 5.32 Å². The molecule has 0 bridgehead atoms. The molecule has 0 heterocycles. The largest absolute Gasteiger partial charge is 0.497 e. The highest BCUT2D eigenvalue weighted by Crippen LogP contribution is 2.16. The van der Waals surface area contributed by atoms with Crippen molar-refractivity contribution in [3.05, 3.63) is 24.3 Å². The molecule has 1 N–H and O–H groups in total. The molecule has 0 atom stereocenters. The lowest BCUT2D eigenvalue weighted by Crippen LogP contribution is -2.27. The molecule has 0 saturated carbocycles. The Morgan fingerprint density at radius 3 is 2.44 bits per heavy atom. The molecule has 4 nitrogen and oxygen atoms in total. The van der Waals surface area contributed by atoms with Gasteiger partial charge in [-0.25, -0.2) is 4.79 Å². The van der Waals surface area contributed by atoms with Crippen LogP contribution in [0.1, 0.15) is 24.9 Å². The summed E-state index contributed by atoms with van der Waals surface area (Å²) in [6, 6.07) is 5.98. The molecule has 1 aromatic rings. The number of anilines is 1. The Hall–Kier alpha value is -1.71. The fraction of sp³-hybridized carbons (Fsp3) is 0.417. The lowest BCUT2D eigenvalue weighted by molar-refractivity contribution is 0.0636. The van der Waals surface area contributed by atoms with Gasteiger partial charge < -0.3 is 9.47 Å². The smallest absolute Gasteiger partial charge is 0.412 e. The third kappa shape index (κ3) is 4.21. The summed E-state index contributed by atoms with van der Waals surface area (Å²) in [5.41, 5.74) is -0.0823. The van der Waals surface area contributed by atoms with E-state index >= 15 is 0 Å². The Kier molecular flexibility index (Phi) is 2.57. The van der Waals surface area contributed by atoms with Gasteiger partial charge in [0.2, 0.25) is 0 Å². The Morgan fingerprint density at radius 2 is 1.94 bits per heavy atom. The number of benzene rings is 1. The molecule has 0 spiro atoms. The zero-order valence-electron chi connectivity index (χ0n) is 12.5. The van der Waals surface area contributed by atoms with Crippen molar-refractivity contribution < 1.29 is 18.4 Å². The summed E-state index contributed by atoms with van der Waals surface area (Å²) in [6.07, 6.45) is -0.572. The summed E-state index contributed by atoms with van der Waals surface area (Å²) in [5, 5.41) is 2.53. The summed E-state index contributed by atoms with van der Waals surface area (Å²) in [6.45, 7) is 5.29. The Balaban J connectivity index is 2.60. The first-order valence-electron chi connectivity index (χ1n) is 6.34. The van der Waals surface area contributed by atoms with E-state index in [0.29, 0.717) is 5.69 Å². The highest BCUT2D eigenvalue weighted by molar-refractivity contribution is 5.84. The van der Waals surface area contributed by atoms with Crippen LogP contribution in [0.3, 0.4) is 0 Å². The Bertz CT molecular complexity index is 435. The normalized spacial score (nSPS) is 14.3. The van der Waals surface area contributed by atoms with Crippen molar-refractivity contribution >= 4 is 11.8 Å². The van der Waals surface area contributed by atoms with Crippen LogP contribution in [0.4, 0.5) is 10.5 Å². The van der Waals surface area contributed by atoms with E-state index in [-0.39, 0.29) is 5.75 Å². The van der Waals surface area contributed by atoms with E-state index < -0.39 is 18.7 Å². The van der Waals surface area contributed by atoms with Gasteiger partial charge in [0.1, 0.15) is 11.4 Å². The van der Waals surface area contributed by atoms with Crippen molar-refractivity contribution in [3.63, 3.8) is 0 Å². The van der Waals surface area contributed by atoms with Crippen molar-refractivity contribution in [2.24, 2.45) is 0 Å². The number of methoxy groups -OCH3 is 1. The van der Waals surface area contributed by atoms with E-state index in [1.54, 1.807) is 20.8 Å². The van der Waals surface area contributed by atoms with Gasteiger partial charge in [-0.15, -0.1) is 0 Å². The molecule has 0 aliphatic heterocycles. The minimum atomic E-state index is -2.49. The van der Waals surface area contributed by atoms with Crippen LogP contribution in [0.15, 0.2) is 24.3 Å².